The molecule has 1 aromatic carbocycles. The number of aliphatic imine (C=N–C) groups is 1. The number of hydrogen-bond donors (Lipinski definition) is 2. The maximum absolute atomic E-state index is 13.6. The Morgan fingerprint density at radius 3 is 2.82 bits per heavy atom. The van der Waals surface area contributed by atoms with E-state index in [0.29, 0.717) is 12.5 Å². The highest BCUT2D eigenvalue weighted by atomic mass is 32.1. The van der Waals surface area contributed by atoms with E-state index in [1.54, 1.807) is 11.3 Å². The van der Waals surface area contributed by atoms with Crippen molar-refractivity contribution >= 4 is 17.3 Å². The van der Waals surface area contributed by atoms with Gasteiger partial charge in [-0.05, 0) is 43.5 Å². The summed E-state index contributed by atoms with van der Waals surface area (Å²) in [4.78, 5) is 5.51. The number of rotatable bonds is 5. The predicted octanol–water partition coefficient (Wildman–Crippen LogP) is 3.84. The number of nitrogens with one attached hydrogen (secondary N) is 2. The largest absolute Gasteiger partial charge is 0.357 e. The lowest BCUT2D eigenvalue weighted by Gasteiger charge is -2.16. The first-order valence-corrected chi connectivity index (χ1v) is 8.00. The second kappa shape index (κ2) is 7.89. The van der Waals surface area contributed by atoms with E-state index in [-0.39, 0.29) is 18.2 Å². The molecular formula is C16H19F2N3S. The topological polar surface area (TPSA) is 36.4 Å². The van der Waals surface area contributed by atoms with E-state index in [4.69, 9.17) is 0 Å². The van der Waals surface area contributed by atoms with Crippen molar-refractivity contribution in [3.63, 3.8) is 0 Å². The van der Waals surface area contributed by atoms with Gasteiger partial charge >= 0.3 is 0 Å². The maximum Gasteiger partial charge on any atom is 0.192 e. The van der Waals surface area contributed by atoms with E-state index in [0.717, 1.165) is 12.1 Å². The molecule has 1 atom stereocenters. The van der Waals surface area contributed by atoms with Crippen molar-refractivity contribution in [2.45, 2.75) is 26.4 Å². The third-order valence-electron chi connectivity index (χ3n) is 3.08. The lowest BCUT2D eigenvalue weighted by atomic mass is 10.2. The number of hydrogen-bond acceptors (Lipinski definition) is 2. The lowest BCUT2D eigenvalue weighted by Crippen LogP contribution is -2.38. The Labute approximate surface area is 133 Å². The summed E-state index contributed by atoms with van der Waals surface area (Å²) < 4.78 is 26.8. The number of benzene rings is 1. The fourth-order valence-corrected chi connectivity index (χ4v) is 2.70. The minimum absolute atomic E-state index is 0.0795. The Balaban J connectivity index is 2.08. The van der Waals surface area contributed by atoms with Gasteiger partial charge in [0.15, 0.2) is 5.96 Å². The molecule has 3 nitrogen and oxygen atoms in total. The fraction of sp³-hybridized carbons (Fsp3) is 0.312. The van der Waals surface area contributed by atoms with E-state index in [1.807, 2.05) is 31.4 Å². The molecule has 0 amide bonds. The summed E-state index contributed by atoms with van der Waals surface area (Å²) in [7, 11) is 0. The Morgan fingerprint density at radius 1 is 1.32 bits per heavy atom. The minimum Gasteiger partial charge on any atom is -0.357 e. The molecule has 0 aliphatic rings. The van der Waals surface area contributed by atoms with Crippen molar-refractivity contribution in [2.75, 3.05) is 6.54 Å². The van der Waals surface area contributed by atoms with Gasteiger partial charge in [0.1, 0.15) is 11.6 Å². The lowest BCUT2D eigenvalue weighted by molar-refractivity contribution is 0.585. The standard InChI is InChI=1S/C16H19F2N3S/c1-3-19-16(21-11(2)15-5-4-8-22-15)20-10-12-9-13(17)6-7-14(12)18/h4-9,11H,3,10H2,1-2H3,(H2,19,20,21). The van der Waals surface area contributed by atoms with Crippen LogP contribution in [0.4, 0.5) is 8.78 Å². The molecular weight excluding hydrogens is 304 g/mol. The van der Waals surface area contributed by atoms with Crippen LogP contribution in [0.5, 0.6) is 0 Å². The van der Waals surface area contributed by atoms with E-state index in [2.05, 4.69) is 15.6 Å². The summed E-state index contributed by atoms with van der Waals surface area (Å²) in [5, 5.41) is 8.38. The highest BCUT2D eigenvalue weighted by Gasteiger charge is 2.09. The van der Waals surface area contributed by atoms with E-state index >= 15 is 0 Å². The summed E-state index contributed by atoms with van der Waals surface area (Å²) in [6, 6.07) is 7.52. The molecule has 0 aliphatic carbocycles. The van der Waals surface area contributed by atoms with Crippen LogP contribution >= 0.6 is 11.3 Å². The SMILES string of the molecule is CCNC(=NCc1cc(F)ccc1F)NC(C)c1cccs1. The van der Waals surface area contributed by atoms with Gasteiger partial charge in [0.25, 0.3) is 0 Å². The van der Waals surface area contributed by atoms with Crippen LogP contribution in [0.1, 0.15) is 30.3 Å². The number of nitrogens with zero attached hydrogens (tertiary/aromatic N) is 1. The summed E-state index contributed by atoms with van der Waals surface area (Å²) in [5.74, 6) is -0.337. The molecule has 22 heavy (non-hydrogen) atoms. The average Bonchev–Trinajstić information content (AvgIpc) is 3.02. The van der Waals surface area contributed by atoms with Crippen LogP contribution in [-0.4, -0.2) is 12.5 Å². The van der Waals surface area contributed by atoms with Gasteiger partial charge < -0.3 is 10.6 Å². The molecule has 1 heterocycles. The molecule has 0 bridgehead atoms. The van der Waals surface area contributed by atoms with Crippen LogP contribution in [0.2, 0.25) is 0 Å². The fourth-order valence-electron chi connectivity index (χ4n) is 1.96. The normalized spacial score (nSPS) is 13.0. The van der Waals surface area contributed by atoms with Gasteiger partial charge in [0.05, 0.1) is 12.6 Å². The minimum atomic E-state index is -0.462. The predicted molar refractivity (Wildman–Crippen MR) is 87.0 cm³/mol. The van der Waals surface area contributed by atoms with Crippen LogP contribution in [0.25, 0.3) is 0 Å². The van der Waals surface area contributed by atoms with Crippen LogP contribution < -0.4 is 10.6 Å². The van der Waals surface area contributed by atoms with Gasteiger partial charge in [-0.1, -0.05) is 6.07 Å². The first-order chi connectivity index (χ1) is 10.6. The molecule has 0 radical (unpaired) electrons. The van der Waals surface area contributed by atoms with Gasteiger partial charge in [-0.2, -0.15) is 0 Å². The molecule has 0 fully saturated rings. The number of halogens is 2. The van der Waals surface area contributed by atoms with Gasteiger partial charge in [0.2, 0.25) is 0 Å². The Hall–Kier alpha value is -1.95. The molecule has 0 aliphatic heterocycles. The van der Waals surface area contributed by atoms with Crippen molar-refractivity contribution < 1.29 is 8.78 Å². The third-order valence-corrected chi connectivity index (χ3v) is 4.14. The molecule has 1 unspecified atom stereocenters. The second-order valence-corrected chi connectivity index (χ2v) is 5.79. The van der Waals surface area contributed by atoms with Crippen molar-refractivity contribution in [3.05, 3.63) is 57.8 Å². The zero-order valence-electron chi connectivity index (χ0n) is 12.6. The highest BCUT2D eigenvalue weighted by Crippen LogP contribution is 2.18. The number of guanidine groups is 1. The van der Waals surface area contributed by atoms with E-state index in [1.165, 1.54) is 10.9 Å². The Bertz CT molecular complexity index is 626. The van der Waals surface area contributed by atoms with E-state index in [9.17, 15) is 8.78 Å². The van der Waals surface area contributed by atoms with E-state index < -0.39 is 11.6 Å². The molecule has 1 aromatic heterocycles. The molecule has 6 heteroatoms. The third kappa shape index (κ3) is 4.53. The summed E-state index contributed by atoms with van der Waals surface area (Å²) in [6.07, 6.45) is 0. The Morgan fingerprint density at radius 2 is 2.14 bits per heavy atom. The summed E-state index contributed by atoms with van der Waals surface area (Å²) in [5.41, 5.74) is 0.237. The molecule has 2 aromatic rings. The van der Waals surface area contributed by atoms with Crippen LogP contribution in [-0.2, 0) is 6.54 Å². The number of thiophene rings is 1. The summed E-state index contributed by atoms with van der Waals surface area (Å²) in [6.45, 7) is 4.75. The molecule has 118 valence electrons. The highest BCUT2D eigenvalue weighted by molar-refractivity contribution is 7.10. The van der Waals surface area contributed by atoms with Crippen molar-refractivity contribution in [3.8, 4) is 0 Å². The van der Waals surface area contributed by atoms with Gasteiger partial charge in [0, 0.05) is 17.0 Å². The zero-order valence-corrected chi connectivity index (χ0v) is 13.4. The van der Waals surface area contributed by atoms with Crippen molar-refractivity contribution in [1.29, 1.82) is 0 Å². The van der Waals surface area contributed by atoms with Crippen LogP contribution in [0.3, 0.4) is 0 Å². The van der Waals surface area contributed by atoms with Crippen molar-refractivity contribution in [2.24, 2.45) is 4.99 Å². The summed E-state index contributed by atoms with van der Waals surface area (Å²) >= 11 is 1.66. The average molecular weight is 323 g/mol. The van der Waals surface area contributed by atoms with Gasteiger partial charge in [-0.15, -0.1) is 11.3 Å². The maximum atomic E-state index is 13.6. The zero-order chi connectivity index (χ0) is 15.9. The molecule has 2 N–H and O–H groups in total. The second-order valence-electron chi connectivity index (χ2n) is 4.81. The monoisotopic (exact) mass is 323 g/mol. The Kier molecular flexibility index (Phi) is 5.89. The quantitative estimate of drug-likeness (QED) is 0.648. The van der Waals surface area contributed by atoms with Crippen LogP contribution in [0, 0.1) is 11.6 Å². The van der Waals surface area contributed by atoms with Gasteiger partial charge in [-0.25, -0.2) is 13.8 Å². The molecule has 0 spiro atoms. The first-order valence-electron chi connectivity index (χ1n) is 7.12. The molecule has 0 saturated carbocycles. The van der Waals surface area contributed by atoms with Crippen molar-refractivity contribution in [1.82, 2.24) is 10.6 Å². The molecule has 2 rings (SSSR count). The first kappa shape index (κ1) is 16.4. The van der Waals surface area contributed by atoms with Gasteiger partial charge in [-0.3, -0.25) is 0 Å². The smallest absolute Gasteiger partial charge is 0.192 e. The van der Waals surface area contributed by atoms with Crippen LogP contribution in [0.15, 0.2) is 40.7 Å². The molecule has 0 saturated heterocycles.